The Morgan fingerprint density at radius 3 is 2.71 bits per heavy atom. The van der Waals surface area contributed by atoms with Crippen LogP contribution < -0.4 is 5.32 Å². The third kappa shape index (κ3) is 3.68. The van der Waals surface area contributed by atoms with Crippen molar-refractivity contribution in [3.63, 3.8) is 0 Å². The van der Waals surface area contributed by atoms with Crippen LogP contribution in [-0.2, 0) is 11.2 Å². The summed E-state index contributed by atoms with van der Waals surface area (Å²) in [4.78, 5) is 21.0. The predicted octanol–water partition coefficient (Wildman–Crippen LogP) is 4.44. The fourth-order valence-corrected chi connectivity index (χ4v) is 3.88. The van der Waals surface area contributed by atoms with Crippen LogP contribution in [0.4, 0.5) is 11.5 Å². The Morgan fingerprint density at radius 2 is 1.96 bits per heavy atom. The van der Waals surface area contributed by atoms with Gasteiger partial charge in [-0.25, -0.2) is 9.97 Å². The molecule has 0 atom stereocenters. The van der Waals surface area contributed by atoms with Gasteiger partial charge in [-0.15, -0.1) is 11.3 Å². The third-order valence-electron chi connectivity index (χ3n) is 4.15. The first-order valence-corrected chi connectivity index (χ1v) is 9.27. The van der Waals surface area contributed by atoms with E-state index in [0.29, 0.717) is 5.82 Å². The average molecular weight is 386 g/mol. The van der Waals surface area contributed by atoms with Crippen LogP contribution in [0.1, 0.15) is 5.56 Å². The van der Waals surface area contributed by atoms with E-state index in [2.05, 4.69) is 15.3 Å². The first-order chi connectivity index (χ1) is 13.6. The second-order valence-corrected chi connectivity index (χ2v) is 7.18. The van der Waals surface area contributed by atoms with Crippen LogP contribution in [0.5, 0.6) is 5.75 Å². The number of carbonyl (C=O) groups excluding carboxylic acids is 1. The van der Waals surface area contributed by atoms with Crippen molar-refractivity contribution >= 4 is 38.8 Å². The Hall–Kier alpha value is -3.76. The van der Waals surface area contributed by atoms with Crippen molar-refractivity contribution in [1.29, 1.82) is 5.26 Å². The topological polar surface area (TPSA) is 98.9 Å². The number of nitrogens with zero attached hydrogens (tertiary/aromatic N) is 3. The van der Waals surface area contributed by atoms with Crippen LogP contribution in [0, 0.1) is 11.3 Å². The number of aromatic hydroxyl groups is 1. The van der Waals surface area contributed by atoms with E-state index in [4.69, 9.17) is 5.26 Å². The molecule has 0 aliphatic rings. The zero-order chi connectivity index (χ0) is 19.5. The van der Waals surface area contributed by atoms with Gasteiger partial charge in [-0.2, -0.15) is 5.26 Å². The van der Waals surface area contributed by atoms with Gasteiger partial charge >= 0.3 is 0 Å². The fourth-order valence-electron chi connectivity index (χ4n) is 2.82. The SMILES string of the molecule is N#CC(=O)Cc1ccc(-c2cc3ncnc(Nc4cccc(O)c4)c3s2)cc1. The number of carbonyl (C=O) groups is 1. The largest absolute Gasteiger partial charge is 0.508 e. The second-order valence-electron chi connectivity index (χ2n) is 6.13. The molecule has 0 aliphatic carbocycles. The molecule has 4 aromatic rings. The van der Waals surface area contributed by atoms with E-state index in [9.17, 15) is 9.90 Å². The number of rotatable bonds is 5. The molecular weight excluding hydrogens is 372 g/mol. The van der Waals surface area contributed by atoms with Gasteiger partial charge in [0.2, 0.25) is 5.78 Å². The molecule has 0 saturated heterocycles. The molecule has 28 heavy (non-hydrogen) atoms. The van der Waals surface area contributed by atoms with Crippen molar-refractivity contribution in [2.24, 2.45) is 0 Å². The number of hydrogen-bond donors (Lipinski definition) is 2. The maximum atomic E-state index is 11.3. The first-order valence-electron chi connectivity index (χ1n) is 8.45. The average Bonchev–Trinajstić information content (AvgIpc) is 3.14. The molecule has 0 aliphatic heterocycles. The van der Waals surface area contributed by atoms with Crippen molar-refractivity contribution in [3.8, 4) is 22.3 Å². The van der Waals surface area contributed by atoms with Gasteiger partial charge < -0.3 is 10.4 Å². The lowest BCUT2D eigenvalue weighted by atomic mass is 10.1. The number of anilines is 2. The number of nitriles is 1. The zero-order valence-electron chi connectivity index (χ0n) is 14.6. The summed E-state index contributed by atoms with van der Waals surface area (Å²) in [6.45, 7) is 0. The summed E-state index contributed by atoms with van der Waals surface area (Å²) in [5, 5.41) is 21.5. The van der Waals surface area contributed by atoms with Crippen LogP contribution in [0.25, 0.3) is 20.7 Å². The highest BCUT2D eigenvalue weighted by atomic mass is 32.1. The molecule has 0 amide bonds. The number of ketones is 1. The van der Waals surface area contributed by atoms with E-state index in [0.717, 1.165) is 31.9 Å². The van der Waals surface area contributed by atoms with E-state index in [1.165, 1.54) is 6.33 Å². The summed E-state index contributed by atoms with van der Waals surface area (Å²) in [6.07, 6.45) is 1.62. The van der Waals surface area contributed by atoms with E-state index >= 15 is 0 Å². The summed E-state index contributed by atoms with van der Waals surface area (Å²) < 4.78 is 0.907. The molecule has 7 heteroatoms. The summed E-state index contributed by atoms with van der Waals surface area (Å²) in [5.74, 6) is 0.396. The molecule has 2 heterocycles. The molecule has 6 nitrogen and oxygen atoms in total. The Labute approximate surface area is 164 Å². The molecule has 2 aromatic carbocycles. The molecule has 2 aromatic heterocycles. The Morgan fingerprint density at radius 1 is 1.14 bits per heavy atom. The van der Waals surface area contributed by atoms with E-state index in [-0.39, 0.29) is 12.2 Å². The molecule has 0 radical (unpaired) electrons. The van der Waals surface area contributed by atoms with Crippen LogP contribution in [-0.4, -0.2) is 20.9 Å². The monoisotopic (exact) mass is 386 g/mol. The molecule has 0 spiro atoms. The van der Waals surface area contributed by atoms with Gasteiger partial charge in [-0.3, -0.25) is 4.79 Å². The van der Waals surface area contributed by atoms with Gasteiger partial charge in [0, 0.05) is 23.1 Å². The smallest absolute Gasteiger partial charge is 0.236 e. The first kappa shape index (κ1) is 17.6. The minimum absolute atomic E-state index is 0.118. The van der Waals surface area contributed by atoms with E-state index in [1.54, 1.807) is 35.6 Å². The van der Waals surface area contributed by atoms with Crippen LogP contribution in [0.15, 0.2) is 60.9 Å². The van der Waals surface area contributed by atoms with Gasteiger partial charge in [0.1, 0.15) is 18.1 Å². The van der Waals surface area contributed by atoms with Gasteiger partial charge in [0.25, 0.3) is 0 Å². The quantitative estimate of drug-likeness (QED) is 0.492. The van der Waals surface area contributed by atoms with Crippen LogP contribution in [0.3, 0.4) is 0 Å². The molecule has 0 saturated carbocycles. The summed E-state index contributed by atoms with van der Waals surface area (Å²) in [5.41, 5.74) is 3.37. The van der Waals surface area contributed by atoms with Crippen LogP contribution >= 0.6 is 11.3 Å². The number of aromatic nitrogens is 2. The normalized spacial score (nSPS) is 10.5. The minimum Gasteiger partial charge on any atom is -0.508 e. The number of nitrogens with one attached hydrogen (secondary N) is 1. The molecule has 0 unspecified atom stereocenters. The van der Waals surface area contributed by atoms with Gasteiger partial charge in [-0.1, -0.05) is 30.3 Å². The van der Waals surface area contributed by atoms with Crippen molar-refractivity contribution in [1.82, 2.24) is 9.97 Å². The standard InChI is InChI=1S/C21H14N4O2S/c22-11-17(27)8-13-4-6-14(7-5-13)19-10-18-20(28-19)21(24-12-23-18)25-15-2-1-3-16(26)9-15/h1-7,9-10,12,26H,8H2,(H,23,24,25). The van der Waals surface area contributed by atoms with Crippen LogP contribution in [0.2, 0.25) is 0 Å². The number of hydrogen-bond acceptors (Lipinski definition) is 7. The lowest BCUT2D eigenvalue weighted by Crippen LogP contribution is -1.97. The molecule has 4 rings (SSSR count). The Bertz CT molecular complexity index is 1210. The molecule has 0 fully saturated rings. The maximum Gasteiger partial charge on any atom is 0.236 e. The van der Waals surface area contributed by atoms with E-state index < -0.39 is 5.78 Å². The lowest BCUT2D eigenvalue weighted by molar-refractivity contribution is -0.113. The zero-order valence-corrected chi connectivity index (χ0v) is 15.4. The summed E-state index contributed by atoms with van der Waals surface area (Å²) in [7, 11) is 0. The predicted molar refractivity (Wildman–Crippen MR) is 109 cm³/mol. The Balaban J connectivity index is 1.65. The molecule has 136 valence electrons. The van der Waals surface area contributed by atoms with E-state index in [1.807, 2.05) is 36.4 Å². The highest BCUT2D eigenvalue weighted by molar-refractivity contribution is 7.22. The maximum absolute atomic E-state index is 11.3. The van der Waals surface area contributed by atoms with Crippen molar-refractivity contribution in [3.05, 3.63) is 66.5 Å². The van der Waals surface area contributed by atoms with Crippen molar-refractivity contribution in [2.45, 2.75) is 6.42 Å². The second kappa shape index (κ2) is 7.47. The lowest BCUT2D eigenvalue weighted by Gasteiger charge is -2.06. The number of Topliss-reactive ketones (excluding diaryl/α,β-unsaturated/α-hetero) is 1. The number of phenolic OH excluding ortho intramolecular Hbond substituents is 1. The summed E-state index contributed by atoms with van der Waals surface area (Å²) in [6, 6.07) is 18.0. The third-order valence-corrected chi connectivity index (χ3v) is 5.33. The van der Waals surface area contributed by atoms with Gasteiger partial charge in [0.05, 0.1) is 10.2 Å². The van der Waals surface area contributed by atoms with Gasteiger partial charge in [0.15, 0.2) is 5.82 Å². The highest BCUT2D eigenvalue weighted by Gasteiger charge is 2.11. The number of benzene rings is 2. The molecule has 0 bridgehead atoms. The van der Waals surface area contributed by atoms with Crippen molar-refractivity contribution < 1.29 is 9.90 Å². The number of phenols is 1. The minimum atomic E-state index is -0.451. The molecule has 2 N–H and O–H groups in total. The molecular formula is C21H14N4O2S. The number of fused-ring (bicyclic) bond motifs is 1. The number of thiophene rings is 1. The van der Waals surface area contributed by atoms with Crippen molar-refractivity contribution in [2.75, 3.05) is 5.32 Å². The van der Waals surface area contributed by atoms with Gasteiger partial charge in [-0.05, 0) is 29.3 Å². The highest BCUT2D eigenvalue weighted by Crippen LogP contribution is 2.36. The Kier molecular flexibility index (Phi) is 4.70. The summed E-state index contributed by atoms with van der Waals surface area (Å²) >= 11 is 1.56. The fraction of sp³-hybridized carbons (Fsp3) is 0.0476.